The van der Waals surface area contributed by atoms with Crippen molar-refractivity contribution < 1.29 is 22.7 Å². The van der Waals surface area contributed by atoms with E-state index < -0.39 is 17.8 Å². The van der Waals surface area contributed by atoms with Gasteiger partial charge in [-0.05, 0) is 45.4 Å². The molecule has 0 radical (unpaired) electrons. The minimum absolute atomic E-state index is 0.262. The monoisotopic (exact) mass is 337 g/mol. The van der Waals surface area contributed by atoms with Crippen molar-refractivity contribution in [1.82, 2.24) is 5.32 Å². The van der Waals surface area contributed by atoms with Gasteiger partial charge < -0.3 is 10.1 Å². The van der Waals surface area contributed by atoms with Crippen LogP contribution >= 0.6 is 12.6 Å². The van der Waals surface area contributed by atoms with Gasteiger partial charge in [0.2, 0.25) is 0 Å². The molecule has 3 nitrogen and oxygen atoms in total. The number of hydrogen-bond donors (Lipinski definition) is 2. The summed E-state index contributed by atoms with van der Waals surface area (Å²) in [7, 11) is 0. The van der Waals surface area contributed by atoms with Gasteiger partial charge in [-0.3, -0.25) is 0 Å². The summed E-state index contributed by atoms with van der Waals surface area (Å²) in [5.74, 6) is 0.0134. The number of alkyl halides is 2. The van der Waals surface area contributed by atoms with E-state index in [1.165, 1.54) is 12.1 Å². The van der Waals surface area contributed by atoms with E-state index in [0.29, 0.717) is 17.9 Å². The molecule has 22 heavy (non-hydrogen) atoms. The summed E-state index contributed by atoms with van der Waals surface area (Å²) in [5, 5.41) is 2.55. The third-order valence-electron chi connectivity index (χ3n) is 2.10. The molecule has 0 spiro atoms. The number of carbonyl (C=O) groups excluding carboxylic acids is 1. The number of thiol groups is 1. The molecule has 1 rings (SSSR count). The number of hydrogen-bond acceptors (Lipinski definition) is 3. The first kappa shape index (κ1) is 20.6. The molecule has 0 bridgehead atoms. The Balaban J connectivity index is 0.000000401. The van der Waals surface area contributed by atoms with Crippen LogP contribution < -0.4 is 5.32 Å². The number of aryl methyl sites for hydroxylation is 1. The number of carbonyl (C=O) groups is 1. The number of nitrogens with one attached hydrogen (secondary N) is 1. The molecule has 0 atom stereocenters. The fourth-order valence-electron chi connectivity index (χ4n) is 1.36. The number of benzene rings is 1. The van der Waals surface area contributed by atoms with Gasteiger partial charge in [0.05, 0.1) is 0 Å². The molecule has 0 unspecified atom stereocenters. The van der Waals surface area contributed by atoms with Crippen molar-refractivity contribution in [3.8, 4) is 0 Å². The Morgan fingerprint density at radius 2 is 1.91 bits per heavy atom. The van der Waals surface area contributed by atoms with E-state index in [1.807, 2.05) is 20.8 Å². The number of alkyl carbamates (subject to hydrolysis) is 1. The molecule has 1 aromatic carbocycles. The second kappa shape index (κ2) is 9.61. The maximum Gasteiger partial charge on any atom is 0.407 e. The van der Waals surface area contributed by atoms with Crippen LogP contribution in [0.1, 0.15) is 38.3 Å². The first-order valence-corrected chi connectivity index (χ1v) is 7.31. The van der Waals surface area contributed by atoms with E-state index in [0.717, 1.165) is 6.07 Å². The van der Waals surface area contributed by atoms with Crippen LogP contribution in [-0.2, 0) is 4.74 Å². The van der Waals surface area contributed by atoms with Crippen molar-refractivity contribution >= 4 is 18.7 Å². The molecular weight excluding hydrogens is 315 g/mol. The van der Waals surface area contributed by atoms with Gasteiger partial charge in [-0.1, -0.05) is 6.07 Å². The lowest BCUT2D eigenvalue weighted by molar-refractivity contribution is 0.0531. The Hall–Kier alpha value is -1.37. The Bertz CT molecular complexity index is 456. The van der Waals surface area contributed by atoms with Gasteiger partial charge in [-0.25, -0.2) is 18.0 Å². The van der Waals surface area contributed by atoms with Crippen LogP contribution in [0.25, 0.3) is 0 Å². The predicted octanol–water partition coefficient (Wildman–Crippen LogP) is 4.51. The van der Waals surface area contributed by atoms with Crippen molar-refractivity contribution in [1.29, 1.82) is 0 Å². The molecule has 0 aliphatic carbocycles. The summed E-state index contributed by atoms with van der Waals surface area (Å²) in [6, 6.07) is 3.33. The molecule has 0 aromatic heterocycles. The lowest BCUT2D eigenvalue weighted by atomic mass is 10.1. The Labute approximate surface area is 134 Å². The zero-order valence-electron chi connectivity index (χ0n) is 13.1. The highest BCUT2D eigenvalue weighted by molar-refractivity contribution is 7.80. The van der Waals surface area contributed by atoms with Crippen molar-refractivity contribution in [3.63, 3.8) is 0 Å². The molecule has 0 aliphatic heterocycles. The molecule has 0 saturated carbocycles. The standard InChI is InChI=1S/C8H7F3.C7H15NO2S/c1-5-2-6(8(10)11)4-7(9)3-5;1-7(2,3)10-6(9)8-4-5-11/h2-4,8H,1H3;11H,4-5H2,1-3H3,(H,8,9). The first-order valence-electron chi connectivity index (χ1n) is 6.68. The summed E-state index contributed by atoms with van der Waals surface area (Å²) < 4.78 is 41.3. The third kappa shape index (κ3) is 10.4. The zero-order valence-corrected chi connectivity index (χ0v) is 14.0. The molecule has 0 fully saturated rings. The van der Waals surface area contributed by atoms with Gasteiger partial charge in [0.1, 0.15) is 11.4 Å². The fraction of sp³-hybridized carbons (Fsp3) is 0.533. The third-order valence-corrected chi connectivity index (χ3v) is 2.32. The molecule has 0 aliphatic rings. The molecule has 0 saturated heterocycles. The van der Waals surface area contributed by atoms with E-state index in [2.05, 4.69) is 17.9 Å². The Morgan fingerprint density at radius 3 is 2.32 bits per heavy atom. The number of halogens is 3. The van der Waals surface area contributed by atoms with Crippen LogP contribution in [0.3, 0.4) is 0 Å². The van der Waals surface area contributed by atoms with Crippen molar-refractivity contribution in [2.45, 2.75) is 39.7 Å². The molecular formula is C15H22F3NO2S. The molecule has 0 heterocycles. The van der Waals surface area contributed by atoms with E-state index in [9.17, 15) is 18.0 Å². The van der Waals surface area contributed by atoms with Crippen molar-refractivity contribution in [2.75, 3.05) is 12.3 Å². The largest absolute Gasteiger partial charge is 0.444 e. The minimum Gasteiger partial charge on any atom is -0.444 e. The van der Waals surface area contributed by atoms with Gasteiger partial charge in [-0.15, -0.1) is 0 Å². The summed E-state index contributed by atoms with van der Waals surface area (Å²) in [5.41, 5.74) is -0.163. The lowest BCUT2D eigenvalue weighted by Crippen LogP contribution is -2.33. The first-order chi connectivity index (χ1) is 10.0. The highest BCUT2D eigenvalue weighted by atomic mass is 32.1. The van der Waals surface area contributed by atoms with Crippen LogP contribution in [0, 0.1) is 12.7 Å². The average Bonchev–Trinajstić information content (AvgIpc) is 2.33. The number of rotatable bonds is 3. The van der Waals surface area contributed by atoms with E-state index in [4.69, 9.17) is 4.74 Å². The smallest absolute Gasteiger partial charge is 0.407 e. The van der Waals surface area contributed by atoms with Crippen LogP contribution in [0.15, 0.2) is 18.2 Å². The van der Waals surface area contributed by atoms with E-state index >= 15 is 0 Å². The molecule has 1 amide bonds. The fourth-order valence-corrected chi connectivity index (χ4v) is 1.47. The van der Waals surface area contributed by atoms with Gasteiger partial charge in [0.25, 0.3) is 6.43 Å². The number of ether oxygens (including phenoxy) is 1. The molecule has 126 valence electrons. The van der Waals surface area contributed by atoms with Gasteiger partial charge in [-0.2, -0.15) is 12.6 Å². The molecule has 7 heteroatoms. The van der Waals surface area contributed by atoms with Crippen LogP contribution in [-0.4, -0.2) is 24.0 Å². The topological polar surface area (TPSA) is 38.3 Å². The second-order valence-electron chi connectivity index (χ2n) is 5.51. The van der Waals surface area contributed by atoms with E-state index in [-0.39, 0.29) is 11.7 Å². The molecule has 1 N–H and O–H groups in total. The van der Waals surface area contributed by atoms with Crippen LogP contribution in [0.4, 0.5) is 18.0 Å². The van der Waals surface area contributed by atoms with Gasteiger partial charge in [0.15, 0.2) is 0 Å². The summed E-state index contributed by atoms with van der Waals surface area (Å²) >= 11 is 3.94. The van der Waals surface area contributed by atoms with E-state index in [1.54, 1.807) is 6.92 Å². The summed E-state index contributed by atoms with van der Waals surface area (Å²) in [4.78, 5) is 10.9. The zero-order chi connectivity index (χ0) is 17.3. The summed E-state index contributed by atoms with van der Waals surface area (Å²) in [6.07, 6.45) is -2.98. The van der Waals surface area contributed by atoms with Crippen molar-refractivity contribution in [2.24, 2.45) is 0 Å². The summed E-state index contributed by atoms with van der Waals surface area (Å²) in [6.45, 7) is 7.60. The predicted molar refractivity (Wildman–Crippen MR) is 84.2 cm³/mol. The van der Waals surface area contributed by atoms with Crippen molar-refractivity contribution in [3.05, 3.63) is 35.1 Å². The van der Waals surface area contributed by atoms with Crippen LogP contribution in [0.2, 0.25) is 0 Å². The maximum atomic E-state index is 12.5. The Morgan fingerprint density at radius 1 is 1.32 bits per heavy atom. The maximum absolute atomic E-state index is 12.5. The number of amides is 1. The van der Waals surface area contributed by atoms with Crippen LogP contribution in [0.5, 0.6) is 0 Å². The quantitative estimate of drug-likeness (QED) is 0.796. The lowest BCUT2D eigenvalue weighted by Gasteiger charge is -2.19. The molecule has 1 aromatic rings. The van der Waals surface area contributed by atoms with Gasteiger partial charge in [0, 0.05) is 17.9 Å². The highest BCUT2D eigenvalue weighted by Crippen LogP contribution is 2.20. The normalized spacial score (nSPS) is 10.8. The SMILES string of the molecule is CC(C)(C)OC(=O)NCCS.Cc1cc(F)cc(C(F)F)c1. The Kier molecular flexibility index (Phi) is 9.01. The second-order valence-corrected chi connectivity index (χ2v) is 5.96. The highest BCUT2D eigenvalue weighted by Gasteiger charge is 2.14. The average molecular weight is 337 g/mol. The minimum atomic E-state index is -2.59. The van der Waals surface area contributed by atoms with Gasteiger partial charge >= 0.3 is 6.09 Å².